The third kappa shape index (κ3) is 6.16. The molecule has 2 aromatic heterocycles. The molecule has 3 heteroatoms. The van der Waals surface area contributed by atoms with Gasteiger partial charge in [0.2, 0.25) is 0 Å². The molecule has 0 amide bonds. The van der Waals surface area contributed by atoms with Crippen LogP contribution in [0.5, 0.6) is 0 Å². The summed E-state index contributed by atoms with van der Waals surface area (Å²) in [6.45, 7) is 0. The van der Waals surface area contributed by atoms with E-state index >= 15 is 0 Å². The second-order valence-electron chi connectivity index (χ2n) is 17.3. The number of hydrogen-bond acceptors (Lipinski definition) is 3. The van der Waals surface area contributed by atoms with Crippen molar-refractivity contribution < 1.29 is 0 Å². The molecule has 0 radical (unpaired) electrons. The number of fused-ring (bicyclic) bond motifs is 7. The zero-order chi connectivity index (χ0) is 43.6. The van der Waals surface area contributed by atoms with Gasteiger partial charge in [-0.05, 0) is 115 Å². The monoisotopic (exact) mass is 856 g/mol. The van der Waals surface area contributed by atoms with Crippen LogP contribution < -0.4 is 0 Å². The van der Waals surface area contributed by atoms with E-state index in [0.717, 1.165) is 44.8 Å². The predicted molar refractivity (Wildman–Crippen MR) is 277 cm³/mol. The Hall–Kier alpha value is -8.24. The third-order valence-electron chi connectivity index (χ3n) is 13.5. The Morgan fingerprint density at radius 3 is 1.68 bits per heavy atom. The van der Waals surface area contributed by atoms with E-state index in [1.807, 2.05) is 11.3 Å². The van der Waals surface area contributed by atoms with Crippen molar-refractivity contribution in [2.45, 2.75) is 5.41 Å². The summed E-state index contributed by atoms with van der Waals surface area (Å²) in [6.07, 6.45) is 0. The lowest BCUT2D eigenvalue weighted by Gasteiger charge is -2.33. The molecule has 12 aromatic rings. The fourth-order valence-corrected chi connectivity index (χ4v) is 11.6. The van der Waals surface area contributed by atoms with Crippen LogP contribution in [0.3, 0.4) is 0 Å². The van der Waals surface area contributed by atoms with Crippen molar-refractivity contribution >= 4 is 42.3 Å². The minimum atomic E-state index is -0.527. The van der Waals surface area contributed by atoms with Crippen molar-refractivity contribution in [3.05, 3.63) is 265 Å². The maximum Gasteiger partial charge on any atom is 0.160 e. The van der Waals surface area contributed by atoms with E-state index in [0.29, 0.717) is 5.82 Å². The normalized spacial score (nSPS) is 12.7. The van der Waals surface area contributed by atoms with Gasteiger partial charge in [-0.2, -0.15) is 0 Å². The molecule has 308 valence electrons. The van der Waals surface area contributed by atoms with Crippen LogP contribution in [-0.4, -0.2) is 9.97 Å². The van der Waals surface area contributed by atoms with Gasteiger partial charge in [0.1, 0.15) is 0 Å². The molecule has 0 atom stereocenters. The van der Waals surface area contributed by atoms with E-state index in [4.69, 9.17) is 9.97 Å². The summed E-state index contributed by atoms with van der Waals surface area (Å²) in [7, 11) is 0. The van der Waals surface area contributed by atoms with Crippen molar-refractivity contribution in [3.8, 4) is 67.3 Å². The number of nitrogens with zero attached hydrogens (tertiary/aromatic N) is 2. The third-order valence-corrected chi connectivity index (χ3v) is 14.7. The molecule has 1 aliphatic rings. The fourth-order valence-electron chi connectivity index (χ4n) is 10.5. The van der Waals surface area contributed by atoms with Gasteiger partial charge in [-0.25, -0.2) is 9.97 Å². The lowest BCUT2D eigenvalue weighted by atomic mass is 9.67. The Balaban J connectivity index is 1.06. The SMILES string of the molecule is c1ccc(-c2nc(-c3cc(-c4ccc5ccccc5c4)cc(-c4ccc5sc6ccccc6c5c4)c3)cc(-c3cccc4c3-c3ccccc3C4(c3ccccc3)c3ccccc3)n2)cc1. The van der Waals surface area contributed by atoms with Crippen LogP contribution in [0, 0.1) is 0 Å². The summed E-state index contributed by atoms with van der Waals surface area (Å²) in [4.78, 5) is 10.9. The molecular formula is C63H40N2S. The zero-order valence-electron chi connectivity index (χ0n) is 35.9. The van der Waals surface area contributed by atoms with E-state index in [1.165, 1.54) is 69.9 Å². The maximum absolute atomic E-state index is 5.49. The second kappa shape index (κ2) is 15.5. The van der Waals surface area contributed by atoms with E-state index < -0.39 is 5.41 Å². The van der Waals surface area contributed by atoms with Gasteiger partial charge < -0.3 is 0 Å². The van der Waals surface area contributed by atoms with Crippen molar-refractivity contribution in [1.82, 2.24) is 9.97 Å². The van der Waals surface area contributed by atoms with Gasteiger partial charge in [0.05, 0.1) is 16.8 Å². The molecule has 2 nitrogen and oxygen atoms in total. The molecule has 0 saturated heterocycles. The molecule has 0 saturated carbocycles. The number of benzene rings is 10. The Kier molecular flexibility index (Phi) is 8.97. The van der Waals surface area contributed by atoms with E-state index in [2.05, 4.69) is 243 Å². The second-order valence-corrected chi connectivity index (χ2v) is 18.3. The molecule has 0 unspecified atom stereocenters. The maximum atomic E-state index is 5.49. The zero-order valence-corrected chi connectivity index (χ0v) is 36.7. The smallest absolute Gasteiger partial charge is 0.160 e. The molecule has 0 fully saturated rings. The Labute approximate surface area is 387 Å². The highest BCUT2D eigenvalue weighted by Gasteiger charge is 2.46. The number of thiophene rings is 1. The van der Waals surface area contributed by atoms with Crippen LogP contribution in [0.4, 0.5) is 0 Å². The van der Waals surface area contributed by atoms with Crippen molar-refractivity contribution in [1.29, 1.82) is 0 Å². The first-order chi connectivity index (χ1) is 32.7. The van der Waals surface area contributed by atoms with Gasteiger partial charge >= 0.3 is 0 Å². The van der Waals surface area contributed by atoms with Crippen LogP contribution >= 0.6 is 11.3 Å². The molecule has 66 heavy (non-hydrogen) atoms. The quantitative estimate of drug-likeness (QED) is 0.160. The molecule has 2 heterocycles. The summed E-state index contributed by atoms with van der Waals surface area (Å²) in [6, 6.07) is 88.4. The fraction of sp³-hybridized carbons (Fsp3) is 0.0159. The van der Waals surface area contributed by atoms with Crippen LogP contribution in [0.25, 0.3) is 98.2 Å². The average Bonchev–Trinajstić information content (AvgIpc) is 3.93. The van der Waals surface area contributed by atoms with Gasteiger partial charge in [-0.15, -0.1) is 11.3 Å². The average molecular weight is 857 g/mol. The molecular weight excluding hydrogens is 817 g/mol. The Morgan fingerprint density at radius 2 is 0.894 bits per heavy atom. The predicted octanol–water partition coefficient (Wildman–Crippen LogP) is 16.7. The highest BCUT2D eigenvalue weighted by atomic mass is 32.1. The lowest BCUT2D eigenvalue weighted by Crippen LogP contribution is -2.28. The lowest BCUT2D eigenvalue weighted by molar-refractivity contribution is 0.768. The van der Waals surface area contributed by atoms with Crippen molar-refractivity contribution in [2.24, 2.45) is 0 Å². The first-order valence-corrected chi connectivity index (χ1v) is 23.4. The largest absolute Gasteiger partial charge is 0.228 e. The van der Waals surface area contributed by atoms with Gasteiger partial charge in [-0.1, -0.05) is 194 Å². The summed E-state index contributed by atoms with van der Waals surface area (Å²) in [5.74, 6) is 0.688. The molecule has 0 bridgehead atoms. The number of hydrogen-bond donors (Lipinski definition) is 0. The molecule has 10 aromatic carbocycles. The van der Waals surface area contributed by atoms with Crippen LogP contribution in [0.1, 0.15) is 22.3 Å². The molecule has 13 rings (SSSR count). The van der Waals surface area contributed by atoms with Gasteiger partial charge in [0.25, 0.3) is 0 Å². The highest BCUT2D eigenvalue weighted by Crippen LogP contribution is 2.58. The summed E-state index contributed by atoms with van der Waals surface area (Å²) in [5.41, 5.74) is 16.3. The highest BCUT2D eigenvalue weighted by molar-refractivity contribution is 7.25. The van der Waals surface area contributed by atoms with Crippen molar-refractivity contribution in [2.75, 3.05) is 0 Å². The molecule has 0 N–H and O–H groups in total. The molecule has 0 aliphatic heterocycles. The Bertz CT molecular complexity index is 3780. The topological polar surface area (TPSA) is 25.8 Å². The van der Waals surface area contributed by atoms with E-state index in [-0.39, 0.29) is 0 Å². The van der Waals surface area contributed by atoms with Gasteiger partial charge in [0, 0.05) is 36.9 Å². The molecule has 0 spiro atoms. The standard InChI is InChI=1S/C63H40N2S/c1-4-18-42(19-5-1)62-64-57(40-58(65-62)53-27-16-29-56-61(53)52-26-12-14-28-55(52)63(56,49-21-6-2-7-22-49)50-23-8-3-9-24-50)48-37-46(44-32-31-41-17-10-11-20-43(41)35-44)36-47(38-48)45-33-34-60-54(39-45)51-25-13-15-30-59(51)66-60/h1-40H. The first-order valence-electron chi connectivity index (χ1n) is 22.5. The molecule has 1 aliphatic carbocycles. The van der Waals surface area contributed by atoms with E-state index in [9.17, 15) is 0 Å². The van der Waals surface area contributed by atoms with Crippen molar-refractivity contribution in [3.63, 3.8) is 0 Å². The van der Waals surface area contributed by atoms with Gasteiger partial charge in [0.15, 0.2) is 5.82 Å². The first kappa shape index (κ1) is 38.2. The van der Waals surface area contributed by atoms with Crippen LogP contribution in [0.15, 0.2) is 243 Å². The summed E-state index contributed by atoms with van der Waals surface area (Å²) < 4.78 is 2.59. The van der Waals surface area contributed by atoms with Gasteiger partial charge in [-0.3, -0.25) is 0 Å². The number of aromatic nitrogens is 2. The van der Waals surface area contributed by atoms with E-state index in [1.54, 1.807) is 0 Å². The van der Waals surface area contributed by atoms with Crippen LogP contribution in [0.2, 0.25) is 0 Å². The Morgan fingerprint density at radius 1 is 0.318 bits per heavy atom. The summed E-state index contributed by atoms with van der Waals surface area (Å²) >= 11 is 1.85. The minimum absolute atomic E-state index is 0.527. The minimum Gasteiger partial charge on any atom is -0.228 e. The van der Waals surface area contributed by atoms with Crippen LogP contribution in [-0.2, 0) is 5.41 Å². The number of rotatable bonds is 7. The summed E-state index contributed by atoms with van der Waals surface area (Å²) in [5, 5.41) is 5.01.